The van der Waals surface area contributed by atoms with Crippen LogP contribution in [-0.2, 0) is 11.2 Å². The maximum Gasteiger partial charge on any atom is 0.320 e. The summed E-state index contributed by atoms with van der Waals surface area (Å²) in [7, 11) is 0. The lowest BCUT2D eigenvalue weighted by Crippen LogP contribution is -2.53. The maximum atomic E-state index is 11.0. The van der Waals surface area contributed by atoms with Gasteiger partial charge in [0.1, 0.15) is 6.04 Å². The van der Waals surface area contributed by atoms with Crippen LogP contribution < -0.4 is 16.8 Å². The molecule has 170 valence electrons. The third-order valence-corrected chi connectivity index (χ3v) is 7.99. The number of rotatable bonds is 7. The van der Waals surface area contributed by atoms with Crippen LogP contribution in [0.3, 0.4) is 0 Å². The zero-order valence-corrected chi connectivity index (χ0v) is 18.5. The van der Waals surface area contributed by atoms with Crippen molar-refractivity contribution < 1.29 is 9.90 Å². The van der Waals surface area contributed by atoms with Crippen molar-refractivity contribution in [2.75, 3.05) is 11.1 Å². The molecule has 1 heterocycles. The zero-order valence-electron chi connectivity index (χ0n) is 18.5. The van der Waals surface area contributed by atoms with Crippen molar-refractivity contribution in [3.63, 3.8) is 0 Å². The highest BCUT2D eigenvalue weighted by atomic mass is 16.4. The van der Waals surface area contributed by atoms with Gasteiger partial charge in [0.2, 0.25) is 11.9 Å². The van der Waals surface area contributed by atoms with Crippen molar-refractivity contribution in [2.24, 2.45) is 28.9 Å². The molecule has 4 aliphatic rings. The van der Waals surface area contributed by atoms with Crippen molar-refractivity contribution in [3.8, 4) is 11.4 Å². The van der Waals surface area contributed by atoms with Gasteiger partial charge in [-0.3, -0.25) is 4.79 Å². The smallest absolute Gasteiger partial charge is 0.320 e. The summed E-state index contributed by atoms with van der Waals surface area (Å²) in [4.78, 5) is 24.3. The zero-order chi connectivity index (χ0) is 22.5. The summed E-state index contributed by atoms with van der Waals surface area (Å²) in [6, 6.07) is 6.80. The van der Waals surface area contributed by atoms with Crippen LogP contribution in [0.4, 0.5) is 11.9 Å². The van der Waals surface area contributed by atoms with Gasteiger partial charge in [0.05, 0.1) is 0 Å². The minimum absolute atomic E-state index is 0.187. The van der Waals surface area contributed by atoms with Crippen LogP contribution in [0.1, 0.15) is 51.0 Å². The number of nitrogens with one attached hydrogen (secondary N) is 1. The highest BCUT2D eigenvalue weighted by Crippen LogP contribution is 2.61. The number of hydrogen-bond donors (Lipinski definition) is 4. The van der Waals surface area contributed by atoms with Gasteiger partial charge in [0.15, 0.2) is 5.82 Å². The fourth-order valence-electron chi connectivity index (χ4n) is 6.77. The summed E-state index contributed by atoms with van der Waals surface area (Å²) < 4.78 is 0. The molecule has 32 heavy (non-hydrogen) atoms. The maximum absolute atomic E-state index is 11.0. The van der Waals surface area contributed by atoms with Gasteiger partial charge in [0.25, 0.3) is 0 Å². The lowest BCUT2D eigenvalue weighted by molar-refractivity contribution is -0.138. The number of nitrogens with two attached hydrogens (primary N) is 2. The number of nitrogen functional groups attached to an aromatic ring is 1. The number of carboxylic acids is 1. The normalized spacial score (nSPS) is 30.1. The Bertz CT molecular complexity index is 973. The van der Waals surface area contributed by atoms with Gasteiger partial charge in [-0.05, 0) is 80.6 Å². The van der Waals surface area contributed by atoms with Crippen LogP contribution in [0.5, 0.6) is 0 Å². The molecule has 8 heteroatoms. The average Bonchev–Trinajstić information content (AvgIpc) is 2.73. The first-order valence-corrected chi connectivity index (χ1v) is 11.7. The molecule has 2 atom stereocenters. The van der Waals surface area contributed by atoms with E-state index in [-0.39, 0.29) is 18.4 Å². The average molecular weight is 437 g/mol. The number of aliphatic carboxylic acids is 1. The molecule has 0 saturated heterocycles. The van der Waals surface area contributed by atoms with Gasteiger partial charge < -0.3 is 21.9 Å². The van der Waals surface area contributed by atoms with Crippen molar-refractivity contribution >= 4 is 17.9 Å². The minimum Gasteiger partial charge on any atom is -0.480 e. The van der Waals surface area contributed by atoms with E-state index in [0.717, 1.165) is 28.9 Å². The molecule has 0 aliphatic heterocycles. The molecule has 0 amide bonds. The summed E-state index contributed by atoms with van der Waals surface area (Å²) in [5, 5.41) is 12.6. The Kier molecular flexibility index (Phi) is 5.28. The SMILES string of the molecule is C[C@@H](Nc1nc(N)nc(-c2ccc(C[C@H](N)C(=O)O)cc2)n1)C12CC3CC(CC(C3)C1)C2. The van der Waals surface area contributed by atoms with Crippen LogP contribution >= 0.6 is 0 Å². The number of hydrogen-bond acceptors (Lipinski definition) is 7. The minimum atomic E-state index is -1.01. The molecule has 1 aromatic heterocycles. The van der Waals surface area contributed by atoms with Gasteiger partial charge in [0, 0.05) is 11.6 Å². The van der Waals surface area contributed by atoms with E-state index < -0.39 is 12.0 Å². The summed E-state index contributed by atoms with van der Waals surface area (Å²) in [6.07, 6.45) is 8.44. The van der Waals surface area contributed by atoms with Gasteiger partial charge in [-0.1, -0.05) is 24.3 Å². The van der Waals surface area contributed by atoms with E-state index >= 15 is 0 Å². The van der Waals surface area contributed by atoms with Crippen LogP contribution in [0.15, 0.2) is 24.3 Å². The van der Waals surface area contributed by atoms with Gasteiger partial charge in [-0.25, -0.2) is 0 Å². The molecule has 0 unspecified atom stereocenters. The highest BCUT2D eigenvalue weighted by molar-refractivity contribution is 5.73. The number of anilines is 2. The third kappa shape index (κ3) is 4.03. The van der Waals surface area contributed by atoms with Crippen LogP contribution in [0, 0.1) is 23.2 Å². The number of carboxylic acid groups (broad SMARTS) is 1. The van der Waals surface area contributed by atoms with E-state index in [1.54, 1.807) is 0 Å². The van der Waals surface area contributed by atoms with E-state index in [0.29, 0.717) is 17.2 Å². The van der Waals surface area contributed by atoms with Crippen molar-refractivity contribution in [3.05, 3.63) is 29.8 Å². The summed E-state index contributed by atoms with van der Waals surface area (Å²) >= 11 is 0. The molecule has 4 fully saturated rings. The molecule has 4 aliphatic carbocycles. The predicted molar refractivity (Wildman–Crippen MR) is 123 cm³/mol. The van der Waals surface area contributed by atoms with E-state index in [9.17, 15) is 4.79 Å². The molecule has 4 saturated carbocycles. The Hall–Kier alpha value is -2.74. The fourth-order valence-corrected chi connectivity index (χ4v) is 6.77. The molecule has 2 aromatic rings. The Morgan fingerprint density at radius 3 is 2.25 bits per heavy atom. The second-order valence-electron chi connectivity index (χ2n) is 10.3. The van der Waals surface area contributed by atoms with Crippen LogP contribution in [-0.4, -0.2) is 38.1 Å². The lowest BCUT2D eigenvalue weighted by Gasteiger charge is -2.59. The molecule has 0 spiro atoms. The predicted octanol–water partition coefficient (Wildman–Crippen LogP) is 3.09. The first kappa shape index (κ1) is 21.1. The second kappa shape index (κ2) is 7.99. The first-order valence-electron chi connectivity index (χ1n) is 11.7. The molecule has 4 bridgehead atoms. The first-order chi connectivity index (χ1) is 15.3. The molecule has 6 N–H and O–H groups in total. The second-order valence-corrected chi connectivity index (χ2v) is 10.3. The Balaban J connectivity index is 1.32. The summed E-state index contributed by atoms with van der Waals surface area (Å²) in [5.41, 5.74) is 13.6. The quantitative estimate of drug-likeness (QED) is 0.519. The largest absolute Gasteiger partial charge is 0.480 e. The molecule has 0 radical (unpaired) electrons. The van der Waals surface area contributed by atoms with Crippen molar-refractivity contribution in [2.45, 2.75) is 64.0 Å². The van der Waals surface area contributed by atoms with Crippen LogP contribution in [0.2, 0.25) is 0 Å². The Morgan fingerprint density at radius 2 is 1.69 bits per heavy atom. The molecular weight excluding hydrogens is 404 g/mol. The Labute approximate surface area is 188 Å². The Morgan fingerprint density at radius 1 is 1.09 bits per heavy atom. The number of aromatic nitrogens is 3. The van der Waals surface area contributed by atoms with Gasteiger partial charge in [-0.15, -0.1) is 0 Å². The number of carbonyl (C=O) groups is 1. The molecule has 1 aromatic carbocycles. The van der Waals surface area contributed by atoms with Gasteiger partial charge >= 0.3 is 5.97 Å². The molecule has 8 nitrogen and oxygen atoms in total. The fraction of sp³-hybridized carbons (Fsp3) is 0.583. The van der Waals surface area contributed by atoms with Crippen LogP contribution in [0.25, 0.3) is 11.4 Å². The highest BCUT2D eigenvalue weighted by Gasteiger charge is 2.53. The van der Waals surface area contributed by atoms with E-state index in [1.807, 2.05) is 24.3 Å². The van der Waals surface area contributed by atoms with Crippen molar-refractivity contribution in [1.82, 2.24) is 15.0 Å². The lowest BCUT2D eigenvalue weighted by atomic mass is 9.48. The van der Waals surface area contributed by atoms with Gasteiger partial charge in [-0.2, -0.15) is 15.0 Å². The molecular formula is C24H32N6O2. The summed E-state index contributed by atoms with van der Waals surface area (Å²) in [6.45, 7) is 2.27. The van der Waals surface area contributed by atoms with E-state index in [2.05, 4.69) is 27.2 Å². The molecule has 6 rings (SSSR count). The van der Waals surface area contributed by atoms with Crippen molar-refractivity contribution in [1.29, 1.82) is 0 Å². The van der Waals surface area contributed by atoms with E-state index in [4.69, 9.17) is 16.6 Å². The number of nitrogens with zero attached hydrogens (tertiary/aromatic N) is 3. The standard InChI is InChI=1S/C24H32N6O2/c1-13(24-10-15-6-16(11-24)8-17(7-15)12-24)27-23-29-20(28-22(26)30-23)18-4-2-14(3-5-18)9-19(25)21(31)32/h2-5,13,15-17,19H,6-12,25H2,1H3,(H,31,32)(H3,26,27,28,29,30)/t13-,15?,16?,17?,19+,24?/m1/s1. The van der Waals surface area contributed by atoms with E-state index in [1.165, 1.54) is 38.5 Å². The topological polar surface area (TPSA) is 140 Å². The monoisotopic (exact) mass is 436 g/mol. The summed E-state index contributed by atoms with van der Waals surface area (Å²) in [5.74, 6) is 2.86. The number of benzene rings is 1. The third-order valence-electron chi connectivity index (χ3n) is 7.99.